The number of aryl methyl sites for hydroxylation is 1. The first-order chi connectivity index (χ1) is 18.9. The summed E-state index contributed by atoms with van der Waals surface area (Å²) in [5.41, 5.74) is 5.35. The van der Waals surface area contributed by atoms with E-state index in [1.165, 1.54) is 0 Å². The average molecular weight is 590 g/mol. The molecule has 0 atom stereocenters. The Morgan fingerprint density at radius 1 is 1.00 bits per heavy atom. The number of amides is 2. The van der Waals surface area contributed by atoms with Crippen LogP contribution in [0.5, 0.6) is 0 Å². The molecule has 1 saturated heterocycles. The van der Waals surface area contributed by atoms with Crippen LogP contribution in [0.25, 0.3) is 0 Å². The highest BCUT2D eigenvalue weighted by Crippen LogP contribution is 2.39. The molecule has 39 heavy (non-hydrogen) atoms. The Balaban J connectivity index is 1.34. The number of carbonyl (C=O) groups excluding carboxylic acids is 2. The van der Waals surface area contributed by atoms with Crippen molar-refractivity contribution in [2.45, 2.75) is 45.1 Å². The van der Waals surface area contributed by atoms with E-state index in [4.69, 9.17) is 4.84 Å². The zero-order chi connectivity index (χ0) is 27.4. The summed E-state index contributed by atoms with van der Waals surface area (Å²) in [6, 6.07) is 21.2. The van der Waals surface area contributed by atoms with Gasteiger partial charge < -0.3 is 20.4 Å². The maximum Gasteiger partial charge on any atom is 0.255 e. The van der Waals surface area contributed by atoms with Crippen molar-refractivity contribution in [3.8, 4) is 0 Å². The van der Waals surface area contributed by atoms with Crippen LogP contribution in [0.1, 0.15) is 64.4 Å². The molecule has 0 radical (unpaired) electrons. The Kier molecular flexibility index (Phi) is 8.02. The predicted octanol–water partition coefficient (Wildman–Crippen LogP) is 6.31. The summed E-state index contributed by atoms with van der Waals surface area (Å²) in [5, 5.41) is 10.5. The van der Waals surface area contributed by atoms with Crippen LogP contribution >= 0.6 is 15.9 Å². The number of oxime groups is 1. The number of hydrogen-bond donors (Lipinski definition) is 2. The molecular weight excluding hydrogens is 556 g/mol. The zero-order valence-corrected chi connectivity index (χ0v) is 23.9. The number of halogens is 1. The first-order valence-corrected chi connectivity index (χ1v) is 14.2. The summed E-state index contributed by atoms with van der Waals surface area (Å²) in [5.74, 6) is -0.352. The molecule has 1 spiro atoms. The van der Waals surface area contributed by atoms with E-state index in [0.717, 1.165) is 65.8 Å². The first-order valence-electron chi connectivity index (χ1n) is 13.4. The molecule has 3 aromatic rings. The third kappa shape index (κ3) is 6.17. The number of anilines is 2. The highest BCUT2D eigenvalue weighted by Gasteiger charge is 2.42. The van der Waals surface area contributed by atoms with Crippen molar-refractivity contribution in [1.29, 1.82) is 0 Å². The van der Waals surface area contributed by atoms with Crippen LogP contribution in [0, 0.1) is 6.92 Å². The number of carbonyl (C=O) groups is 2. The van der Waals surface area contributed by atoms with Gasteiger partial charge in [0.25, 0.3) is 11.8 Å². The second-order valence-electron chi connectivity index (χ2n) is 10.3. The summed E-state index contributed by atoms with van der Waals surface area (Å²) in [7, 11) is 0. The lowest BCUT2D eigenvalue weighted by Gasteiger charge is -2.39. The summed E-state index contributed by atoms with van der Waals surface area (Å²) in [6.07, 6.45) is 3.23. The van der Waals surface area contributed by atoms with Gasteiger partial charge in [0.05, 0.1) is 17.1 Å². The third-order valence-corrected chi connectivity index (χ3v) is 7.83. The fourth-order valence-electron chi connectivity index (χ4n) is 5.14. The minimum absolute atomic E-state index is 0.149. The number of nitrogens with zero attached hydrogens (tertiary/aromatic N) is 2. The quantitative estimate of drug-likeness (QED) is 0.338. The van der Waals surface area contributed by atoms with E-state index in [0.29, 0.717) is 23.4 Å². The molecule has 8 heteroatoms. The van der Waals surface area contributed by atoms with Gasteiger partial charge in [0.15, 0.2) is 0 Å². The molecule has 5 rings (SSSR count). The predicted molar refractivity (Wildman–Crippen MR) is 159 cm³/mol. The lowest BCUT2D eigenvalue weighted by molar-refractivity contribution is -0.0359. The van der Waals surface area contributed by atoms with Crippen LogP contribution in [-0.4, -0.2) is 42.8 Å². The summed E-state index contributed by atoms with van der Waals surface area (Å²) in [4.78, 5) is 34.2. The Morgan fingerprint density at radius 3 is 2.51 bits per heavy atom. The van der Waals surface area contributed by atoms with Crippen LogP contribution in [0.3, 0.4) is 0 Å². The van der Waals surface area contributed by atoms with Crippen molar-refractivity contribution < 1.29 is 14.4 Å². The number of benzene rings is 3. The van der Waals surface area contributed by atoms with Gasteiger partial charge >= 0.3 is 0 Å². The molecule has 1 fully saturated rings. The van der Waals surface area contributed by atoms with E-state index in [-0.39, 0.29) is 17.4 Å². The minimum atomic E-state index is -0.320. The van der Waals surface area contributed by atoms with E-state index in [2.05, 4.69) is 48.8 Å². The number of rotatable bonds is 7. The van der Waals surface area contributed by atoms with Gasteiger partial charge in [-0.3, -0.25) is 9.59 Å². The fraction of sp³-hybridized carbons (Fsp3) is 0.323. The lowest BCUT2D eigenvalue weighted by atomic mass is 9.85. The molecule has 2 aliphatic heterocycles. The second kappa shape index (κ2) is 11.6. The molecular formula is C31H33BrN4O3. The van der Waals surface area contributed by atoms with E-state index in [9.17, 15) is 9.59 Å². The van der Waals surface area contributed by atoms with Crippen molar-refractivity contribution in [3.05, 3.63) is 93.5 Å². The second-order valence-corrected chi connectivity index (χ2v) is 11.2. The molecule has 202 valence electrons. The highest BCUT2D eigenvalue weighted by atomic mass is 79.9. The van der Waals surface area contributed by atoms with E-state index < -0.39 is 0 Å². The van der Waals surface area contributed by atoms with Crippen molar-refractivity contribution in [1.82, 2.24) is 5.32 Å². The molecule has 7 nitrogen and oxygen atoms in total. The molecule has 0 saturated carbocycles. The largest absolute Gasteiger partial charge is 0.388 e. The Morgan fingerprint density at radius 2 is 1.77 bits per heavy atom. The maximum absolute atomic E-state index is 13.2. The first kappa shape index (κ1) is 26.9. The molecule has 0 aliphatic carbocycles. The molecule has 2 aliphatic rings. The Labute approximate surface area is 237 Å². The summed E-state index contributed by atoms with van der Waals surface area (Å²) >= 11 is 3.54. The summed E-state index contributed by atoms with van der Waals surface area (Å²) in [6.45, 7) is 6.07. The van der Waals surface area contributed by atoms with Gasteiger partial charge in [-0.25, -0.2) is 0 Å². The van der Waals surface area contributed by atoms with Crippen LogP contribution in [0.2, 0.25) is 0 Å². The molecule has 2 N–H and O–H groups in total. The fourth-order valence-corrected chi connectivity index (χ4v) is 5.54. The molecule has 3 aromatic carbocycles. The van der Waals surface area contributed by atoms with Gasteiger partial charge in [-0.1, -0.05) is 57.8 Å². The Bertz CT molecular complexity index is 1410. The van der Waals surface area contributed by atoms with E-state index in [1.807, 2.05) is 56.3 Å². The van der Waals surface area contributed by atoms with E-state index >= 15 is 0 Å². The number of hydrogen-bond acceptors (Lipinski definition) is 5. The van der Waals surface area contributed by atoms with Crippen LogP contribution in [0.4, 0.5) is 11.4 Å². The van der Waals surface area contributed by atoms with Gasteiger partial charge in [-0.15, -0.1) is 0 Å². The summed E-state index contributed by atoms with van der Waals surface area (Å²) < 4.78 is 1.02. The maximum atomic E-state index is 13.2. The van der Waals surface area contributed by atoms with Crippen LogP contribution in [-0.2, 0) is 4.84 Å². The SMILES string of the molecule is CCCNC(=O)c1ccc(N2CCC3(CC2)CC(c2cccc(Br)c2)=NO3)c(NC(=O)c2cccc(C)c2)c1. The lowest BCUT2D eigenvalue weighted by Crippen LogP contribution is -2.45. The number of nitrogens with one attached hydrogen (secondary N) is 2. The third-order valence-electron chi connectivity index (χ3n) is 7.34. The van der Waals surface area contributed by atoms with Crippen LogP contribution < -0.4 is 15.5 Å². The van der Waals surface area contributed by atoms with E-state index in [1.54, 1.807) is 12.1 Å². The molecule has 0 aromatic heterocycles. The van der Waals surface area contributed by atoms with Gasteiger partial charge in [-0.05, 0) is 55.8 Å². The topological polar surface area (TPSA) is 83.0 Å². The van der Waals surface area contributed by atoms with Gasteiger partial charge in [0.1, 0.15) is 5.60 Å². The minimum Gasteiger partial charge on any atom is -0.388 e. The van der Waals surface area contributed by atoms with Crippen molar-refractivity contribution in [2.75, 3.05) is 29.9 Å². The van der Waals surface area contributed by atoms with Crippen molar-refractivity contribution in [2.24, 2.45) is 5.16 Å². The monoisotopic (exact) mass is 588 g/mol. The Hall–Kier alpha value is -3.65. The van der Waals surface area contributed by atoms with Gasteiger partial charge in [0, 0.05) is 60.1 Å². The van der Waals surface area contributed by atoms with Gasteiger partial charge in [0.2, 0.25) is 0 Å². The van der Waals surface area contributed by atoms with Crippen molar-refractivity contribution in [3.63, 3.8) is 0 Å². The standard InChI is InChI=1S/C31H33BrN4O3/c1-3-14-33-29(37)24-10-11-28(26(19-24)34-30(38)23-8-4-6-21(2)17-23)36-15-12-31(13-16-36)20-27(35-39-31)22-7-5-9-25(32)18-22/h4-11,17-19H,3,12-16,20H2,1-2H3,(H,33,37)(H,34,38). The molecule has 2 amide bonds. The zero-order valence-electron chi connectivity index (χ0n) is 22.3. The molecule has 2 heterocycles. The highest BCUT2D eigenvalue weighted by molar-refractivity contribution is 9.10. The van der Waals surface area contributed by atoms with Crippen LogP contribution in [0.15, 0.2) is 76.4 Å². The van der Waals surface area contributed by atoms with Crippen molar-refractivity contribution >= 4 is 44.8 Å². The molecule has 0 unspecified atom stereocenters. The number of piperidine rings is 1. The average Bonchev–Trinajstić information content (AvgIpc) is 3.35. The van der Waals surface area contributed by atoms with Gasteiger partial charge in [-0.2, -0.15) is 0 Å². The molecule has 0 bridgehead atoms. The smallest absolute Gasteiger partial charge is 0.255 e. The normalized spacial score (nSPS) is 16.0.